The van der Waals surface area contributed by atoms with E-state index in [9.17, 15) is 4.79 Å². The summed E-state index contributed by atoms with van der Waals surface area (Å²) in [6.07, 6.45) is 2.15. The molecule has 2 aromatic heterocycles. The van der Waals surface area contributed by atoms with Gasteiger partial charge in [0.25, 0.3) is 0 Å². The van der Waals surface area contributed by atoms with Gasteiger partial charge in [-0.2, -0.15) is 0 Å². The fraction of sp³-hybridized carbons (Fsp3) is 0.250. The molecule has 88 valence electrons. The Kier molecular flexibility index (Phi) is 3.19. The fourth-order valence-electron chi connectivity index (χ4n) is 1.49. The van der Waals surface area contributed by atoms with E-state index in [-0.39, 0.29) is 11.5 Å². The van der Waals surface area contributed by atoms with Crippen LogP contribution in [0, 0.1) is 0 Å². The number of aromatic nitrogens is 2. The second-order valence-electron chi connectivity index (χ2n) is 3.60. The van der Waals surface area contributed by atoms with Crippen molar-refractivity contribution in [2.75, 3.05) is 0 Å². The summed E-state index contributed by atoms with van der Waals surface area (Å²) in [5, 5.41) is 9.88. The van der Waals surface area contributed by atoms with Crippen molar-refractivity contribution in [1.82, 2.24) is 9.97 Å². The lowest BCUT2D eigenvalue weighted by atomic mass is 10.2. The minimum atomic E-state index is -0.0249. The van der Waals surface area contributed by atoms with E-state index >= 15 is 0 Å². The number of hydrogen-bond acceptors (Lipinski definition) is 5. The van der Waals surface area contributed by atoms with E-state index < -0.39 is 0 Å². The van der Waals surface area contributed by atoms with Crippen LogP contribution in [0.25, 0.3) is 10.7 Å². The maximum absolute atomic E-state index is 11.4. The first-order valence-corrected chi connectivity index (χ1v) is 6.09. The van der Waals surface area contributed by atoms with Crippen molar-refractivity contribution < 1.29 is 9.90 Å². The summed E-state index contributed by atoms with van der Waals surface area (Å²) in [5.41, 5.74) is 1.21. The minimum absolute atomic E-state index is 0.0249. The number of nitrogens with zero attached hydrogens (tertiary/aromatic N) is 2. The molecule has 0 unspecified atom stereocenters. The van der Waals surface area contributed by atoms with Crippen molar-refractivity contribution in [2.45, 2.75) is 20.3 Å². The van der Waals surface area contributed by atoms with Crippen molar-refractivity contribution in [3.63, 3.8) is 0 Å². The van der Waals surface area contributed by atoms with Crippen LogP contribution in [0.3, 0.4) is 0 Å². The molecule has 0 spiro atoms. The highest BCUT2D eigenvalue weighted by Gasteiger charge is 2.15. The van der Waals surface area contributed by atoms with E-state index in [0.29, 0.717) is 16.4 Å². The summed E-state index contributed by atoms with van der Waals surface area (Å²) in [7, 11) is 0. The highest BCUT2D eigenvalue weighted by molar-refractivity contribution is 7.15. The Labute approximate surface area is 103 Å². The SMILES string of the molecule is CCc1sc(-c2ccc(O)cn2)nc1C(C)=O. The van der Waals surface area contributed by atoms with Gasteiger partial charge in [-0.05, 0) is 18.6 Å². The van der Waals surface area contributed by atoms with Gasteiger partial charge in [0.05, 0.1) is 11.9 Å². The van der Waals surface area contributed by atoms with Gasteiger partial charge in [0.15, 0.2) is 5.78 Å². The second-order valence-corrected chi connectivity index (χ2v) is 4.69. The number of carbonyl (C=O) groups excluding carboxylic acids is 1. The molecule has 0 aliphatic rings. The molecule has 0 bridgehead atoms. The predicted molar refractivity (Wildman–Crippen MR) is 66.4 cm³/mol. The van der Waals surface area contributed by atoms with Crippen molar-refractivity contribution in [1.29, 1.82) is 0 Å². The number of Topliss-reactive ketones (excluding diaryl/α,β-unsaturated/α-hetero) is 1. The van der Waals surface area contributed by atoms with Crippen LogP contribution in [0.1, 0.15) is 29.2 Å². The first kappa shape index (κ1) is 11.7. The first-order valence-electron chi connectivity index (χ1n) is 5.28. The number of rotatable bonds is 3. The zero-order valence-electron chi connectivity index (χ0n) is 9.60. The lowest BCUT2D eigenvalue weighted by molar-refractivity contribution is 0.101. The molecule has 17 heavy (non-hydrogen) atoms. The molecular weight excluding hydrogens is 236 g/mol. The third-order valence-corrected chi connectivity index (χ3v) is 3.54. The summed E-state index contributed by atoms with van der Waals surface area (Å²) < 4.78 is 0. The molecule has 2 rings (SSSR count). The number of carbonyl (C=O) groups is 1. The van der Waals surface area contributed by atoms with Crippen LogP contribution in [-0.4, -0.2) is 20.9 Å². The van der Waals surface area contributed by atoms with Gasteiger partial charge in [-0.3, -0.25) is 4.79 Å². The zero-order chi connectivity index (χ0) is 12.4. The van der Waals surface area contributed by atoms with Gasteiger partial charge in [0.1, 0.15) is 16.5 Å². The van der Waals surface area contributed by atoms with Gasteiger partial charge in [-0.1, -0.05) is 6.92 Å². The summed E-state index contributed by atoms with van der Waals surface area (Å²) in [5.74, 6) is 0.0935. The standard InChI is InChI=1S/C12H12N2O2S/c1-3-10-11(7(2)15)14-12(17-10)9-5-4-8(16)6-13-9/h4-6,16H,3H2,1-2H3. The van der Waals surface area contributed by atoms with Gasteiger partial charge in [-0.15, -0.1) is 11.3 Å². The Bertz CT molecular complexity index is 546. The quantitative estimate of drug-likeness (QED) is 0.848. The Balaban J connectivity index is 2.46. The van der Waals surface area contributed by atoms with Crippen molar-refractivity contribution in [3.05, 3.63) is 28.9 Å². The molecule has 0 atom stereocenters. The van der Waals surface area contributed by atoms with E-state index in [1.165, 1.54) is 24.5 Å². The Morgan fingerprint density at radius 3 is 2.71 bits per heavy atom. The third kappa shape index (κ3) is 2.34. The van der Waals surface area contributed by atoms with Crippen LogP contribution in [0.2, 0.25) is 0 Å². The number of aryl methyl sites for hydroxylation is 1. The van der Waals surface area contributed by atoms with E-state index in [1.807, 2.05) is 6.92 Å². The van der Waals surface area contributed by atoms with Gasteiger partial charge in [0.2, 0.25) is 0 Å². The molecule has 0 aliphatic heterocycles. The molecule has 0 aliphatic carbocycles. The van der Waals surface area contributed by atoms with Gasteiger partial charge in [-0.25, -0.2) is 9.97 Å². The predicted octanol–water partition coefficient (Wildman–Crippen LogP) is 2.68. The maximum atomic E-state index is 11.4. The van der Waals surface area contributed by atoms with Crippen LogP contribution < -0.4 is 0 Å². The summed E-state index contributed by atoms with van der Waals surface area (Å²) in [4.78, 5) is 20.8. The lowest BCUT2D eigenvalue weighted by Gasteiger charge is -1.94. The fourth-order valence-corrected chi connectivity index (χ4v) is 2.51. The van der Waals surface area contributed by atoms with E-state index in [1.54, 1.807) is 12.1 Å². The number of hydrogen-bond donors (Lipinski definition) is 1. The average molecular weight is 248 g/mol. The highest BCUT2D eigenvalue weighted by atomic mass is 32.1. The van der Waals surface area contributed by atoms with Gasteiger partial charge >= 0.3 is 0 Å². The average Bonchev–Trinajstić information content (AvgIpc) is 2.74. The molecule has 5 heteroatoms. The molecule has 1 N–H and O–H groups in total. The molecule has 0 amide bonds. The van der Waals surface area contributed by atoms with E-state index in [0.717, 1.165) is 11.3 Å². The highest BCUT2D eigenvalue weighted by Crippen LogP contribution is 2.28. The van der Waals surface area contributed by atoms with Crippen molar-refractivity contribution in [2.24, 2.45) is 0 Å². The minimum Gasteiger partial charge on any atom is -0.506 e. The molecule has 0 saturated heterocycles. The maximum Gasteiger partial charge on any atom is 0.179 e. The van der Waals surface area contributed by atoms with Crippen molar-refractivity contribution in [3.8, 4) is 16.5 Å². The molecule has 2 heterocycles. The molecule has 0 aromatic carbocycles. The van der Waals surface area contributed by atoms with E-state index in [2.05, 4.69) is 9.97 Å². The molecule has 0 saturated carbocycles. The van der Waals surface area contributed by atoms with Crippen LogP contribution >= 0.6 is 11.3 Å². The smallest absolute Gasteiger partial charge is 0.179 e. The lowest BCUT2D eigenvalue weighted by Crippen LogP contribution is -1.96. The monoisotopic (exact) mass is 248 g/mol. The Morgan fingerprint density at radius 1 is 1.47 bits per heavy atom. The third-order valence-electron chi connectivity index (χ3n) is 2.32. The second kappa shape index (κ2) is 4.63. The topological polar surface area (TPSA) is 63.1 Å². The Morgan fingerprint density at radius 2 is 2.24 bits per heavy atom. The normalized spacial score (nSPS) is 10.5. The summed E-state index contributed by atoms with van der Waals surface area (Å²) in [6, 6.07) is 3.25. The molecule has 0 fully saturated rings. The molecule has 2 aromatic rings. The van der Waals surface area contributed by atoms with Gasteiger partial charge in [0, 0.05) is 11.8 Å². The summed E-state index contributed by atoms with van der Waals surface area (Å²) >= 11 is 1.47. The molecular formula is C12H12N2O2S. The zero-order valence-corrected chi connectivity index (χ0v) is 10.4. The number of aromatic hydroxyl groups is 1. The largest absolute Gasteiger partial charge is 0.506 e. The number of pyridine rings is 1. The van der Waals surface area contributed by atoms with Crippen LogP contribution in [0.4, 0.5) is 0 Å². The van der Waals surface area contributed by atoms with Crippen molar-refractivity contribution >= 4 is 17.1 Å². The summed E-state index contributed by atoms with van der Waals surface area (Å²) in [6.45, 7) is 3.51. The number of thiazole rings is 1. The molecule has 0 radical (unpaired) electrons. The number of ketones is 1. The van der Waals surface area contributed by atoms with Crippen LogP contribution in [0.15, 0.2) is 18.3 Å². The molecule has 4 nitrogen and oxygen atoms in total. The Hall–Kier alpha value is -1.75. The van der Waals surface area contributed by atoms with Gasteiger partial charge < -0.3 is 5.11 Å². The van der Waals surface area contributed by atoms with E-state index in [4.69, 9.17) is 5.11 Å². The van der Waals surface area contributed by atoms with Crippen LogP contribution in [0.5, 0.6) is 5.75 Å². The van der Waals surface area contributed by atoms with Crippen LogP contribution in [-0.2, 0) is 6.42 Å². The first-order chi connectivity index (χ1) is 8.11.